The Labute approximate surface area is 176 Å². The summed E-state index contributed by atoms with van der Waals surface area (Å²) in [4.78, 5) is 36.5. The molecule has 2 aromatic rings. The van der Waals surface area contributed by atoms with Gasteiger partial charge in [-0.05, 0) is 25.5 Å². The number of nitrogens with zero attached hydrogens (tertiary/aromatic N) is 5. The van der Waals surface area contributed by atoms with Crippen LogP contribution in [0.25, 0.3) is 0 Å². The fraction of sp³-hybridized carbons (Fsp3) is 0.500. The third kappa shape index (κ3) is 4.27. The molecule has 0 bridgehead atoms. The number of halogens is 3. The fourth-order valence-electron chi connectivity index (χ4n) is 3.96. The summed E-state index contributed by atoms with van der Waals surface area (Å²) in [6.07, 6.45) is -3.53. The second-order valence-electron chi connectivity index (χ2n) is 7.63. The lowest BCUT2D eigenvalue weighted by Crippen LogP contribution is -2.54. The second kappa shape index (κ2) is 8.29. The van der Waals surface area contributed by atoms with Gasteiger partial charge in [-0.3, -0.25) is 19.1 Å². The number of rotatable bonds is 4. The highest BCUT2D eigenvalue weighted by molar-refractivity contribution is 5.97. The Balaban J connectivity index is 1.76. The summed E-state index contributed by atoms with van der Waals surface area (Å²) in [5.41, 5.74) is -0.393. The monoisotopic (exact) mass is 437 g/mol. The number of hydrogen-bond acceptors (Lipinski definition) is 7. The van der Waals surface area contributed by atoms with Gasteiger partial charge < -0.3 is 14.5 Å². The molecule has 2 aliphatic heterocycles. The van der Waals surface area contributed by atoms with Crippen molar-refractivity contribution in [3.05, 3.63) is 46.5 Å². The number of pyridine rings is 1. The maximum atomic E-state index is 13.8. The van der Waals surface area contributed by atoms with Crippen LogP contribution in [0.3, 0.4) is 0 Å². The van der Waals surface area contributed by atoms with Gasteiger partial charge in [0.05, 0.1) is 25.8 Å². The molecule has 1 saturated heterocycles. The molecule has 0 radical (unpaired) electrons. The normalized spacial score (nSPS) is 21.7. The fourth-order valence-corrected chi connectivity index (χ4v) is 3.96. The van der Waals surface area contributed by atoms with Gasteiger partial charge in [0.25, 0.3) is 5.56 Å². The number of carbonyl (C=O) groups excluding carboxylic acids is 1. The number of carbonyl (C=O) groups is 1. The summed E-state index contributed by atoms with van der Waals surface area (Å²) in [5.74, 6) is -0.452. The Hall–Kier alpha value is -2.95. The predicted molar refractivity (Wildman–Crippen MR) is 106 cm³/mol. The summed E-state index contributed by atoms with van der Waals surface area (Å²) in [6, 6.07) is 3.96. The molecule has 0 N–H and O–H groups in total. The number of Topliss-reactive ketones (excluding diaryl/α,β-unsaturated/α-hetero) is 1. The highest BCUT2D eigenvalue weighted by atomic mass is 19.4. The summed E-state index contributed by atoms with van der Waals surface area (Å²) < 4.78 is 48.1. The van der Waals surface area contributed by atoms with Crippen molar-refractivity contribution in [3.63, 3.8) is 0 Å². The summed E-state index contributed by atoms with van der Waals surface area (Å²) >= 11 is 0. The number of fused-ring (bicyclic) bond motifs is 1. The molecule has 4 rings (SSSR count). The summed E-state index contributed by atoms with van der Waals surface area (Å²) in [7, 11) is 0. The van der Waals surface area contributed by atoms with Gasteiger partial charge in [0.1, 0.15) is 17.6 Å². The van der Waals surface area contributed by atoms with Gasteiger partial charge in [0.15, 0.2) is 5.78 Å². The van der Waals surface area contributed by atoms with E-state index in [9.17, 15) is 22.8 Å². The minimum atomic E-state index is -4.59. The zero-order chi connectivity index (χ0) is 22.2. The van der Waals surface area contributed by atoms with Crippen LogP contribution in [0.2, 0.25) is 0 Å². The molecule has 11 heteroatoms. The van der Waals surface area contributed by atoms with Crippen LogP contribution in [-0.4, -0.2) is 64.9 Å². The molecular formula is C20H22F3N5O3. The molecule has 0 aromatic carbocycles. The second-order valence-corrected chi connectivity index (χ2v) is 7.63. The van der Waals surface area contributed by atoms with E-state index >= 15 is 0 Å². The van der Waals surface area contributed by atoms with Gasteiger partial charge in [0, 0.05) is 25.4 Å². The Morgan fingerprint density at radius 1 is 1.29 bits per heavy atom. The van der Waals surface area contributed by atoms with Crippen LogP contribution in [0.4, 0.5) is 24.9 Å². The molecule has 0 aliphatic carbocycles. The minimum Gasteiger partial charge on any atom is -0.377 e. The minimum absolute atomic E-state index is 0.0563. The van der Waals surface area contributed by atoms with Crippen LogP contribution < -0.4 is 15.4 Å². The topological polar surface area (TPSA) is 80.6 Å². The predicted octanol–water partition coefficient (Wildman–Crippen LogP) is 1.89. The third-order valence-electron chi connectivity index (χ3n) is 5.54. The van der Waals surface area contributed by atoms with Crippen molar-refractivity contribution < 1.29 is 22.7 Å². The van der Waals surface area contributed by atoms with Crippen molar-refractivity contribution in [2.24, 2.45) is 0 Å². The standard InChI is InChI=1S/C20H22F3N5O3/c1-13-12-31-9-8-26(13)17-10-18(30)27-7-5-16(20(21,22)23)28(19(27)25-17)11-15(29)14-4-2-3-6-24-14/h2-4,6,10,13,16H,5,7-9,11-12H2,1H3. The molecule has 2 aromatic heterocycles. The largest absolute Gasteiger partial charge is 0.408 e. The van der Waals surface area contributed by atoms with Crippen molar-refractivity contribution in [1.29, 1.82) is 0 Å². The van der Waals surface area contributed by atoms with Crippen molar-refractivity contribution in [2.45, 2.75) is 38.1 Å². The lowest BCUT2D eigenvalue weighted by molar-refractivity contribution is -0.152. The average Bonchev–Trinajstić information content (AvgIpc) is 2.74. The molecular weight excluding hydrogens is 415 g/mol. The lowest BCUT2D eigenvalue weighted by Gasteiger charge is -2.40. The van der Waals surface area contributed by atoms with Crippen molar-refractivity contribution in [3.8, 4) is 0 Å². The number of ketones is 1. The molecule has 0 amide bonds. The zero-order valence-electron chi connectivity index (χ0n) is 16.9. The molecule has 166 valence electrons. The molecule has 2 unspecified atom stereocenters. The summed E-state index contributed by atoms with van der Waals surface area (Å²) in [5, 5.41) is 0. The number of aromatic nitrogens is 3. The highest BCUT2D eigenvalue weighted by Gasteiger charge is 2.47. The Kier molecular flexibility index (Phi) is 5.69. The van der Waals surface area contributed by atoms with E-state index < -0.39 is 30.1 Å². The maximum absolute atomic E-state index is 13.8. The summed E-state index contributed by atoms with van der Waals surface area (Å²) in [6.45, 7) is 2.49. The molecule has 8 nitrogen and oxygen atoms in total. The van der Waals surface area contributed by atoms with Crippen LogP contribution in [0, 0.1) is 0 Å². The molecule has 2 atom stereocenters. The first-order valence-corrected chi connectivity index (χ1v) is 9.99. The van der Waals surface area contributed by atoms with E-state index in [-0.39, 0.29) is 36.5 Å². The van der Waals surface area contributed by atoms with Crippen LogP contribution in [0.5, 0.6) is 0 Å². The number of ether oxygens (including phenoxy) is 1. The van der Waals surface area contributed by atoms with Gasteiger partial charge in [0.2, 0.25) is 5.95 Å². The van der Waals surface area contributed by atoms with Gasteiger partial charge >= 0.3 is 6.18 Å². The zero-order valence-corrected chi connectivity index (χ0v) is 16.9. The highest BCUT2D eigenvalue weighted by Crippen LogP contribution is 2.34. The quantitative estimate of drug-likeness (QED) is 0.676. The van der Waals surface area contributed by atoms with Crippen LogP contribution in [-0.2, 0) is 11.3 Å². The van der Waals surface area contributed by atoms with Gasteiger partial charge in [-0.25, -0.2) is 0 Å². The third-order valence-corrected chi connectivity index (χ3v) is 5.54. The first-order valence-electron chi connectivity index (χ1n) is 9.99. The van der Waals surface area contributed by atoms with Crippen molar-refractivity contribution in [2.75, 3.05) is 36.1 Å². The number of hydrogen-bond donors (Lipinski definition) is 0. The smallest absolute Gasteiger partial charge is 0.377 e. The van der Waals surface area contributed by atoms with Gasteiger partial charge in [-0.15, -0.1) is 0 Å². The van der Waals surface area contributed by atoms with E-state index in [1.807, 2.05) is 11.8 Å². The van der Waals surface area contributed by atoms with E-state index in [1.54, 1.807) is 12.1 Å². The van der Waals surface area contributed by atoms with Crippen LogP contribution in [0.15, 0.2) is 35.3 Å². The number of alkyl halides is 3. The maximum Gasteiger partial charge on any atom is 0.408 e. The van der Waals surface area contributed by atoms with E-state index in [2.05, 4.69) is 9.97 Å². The number of anilines is 2. The van der Waals surface area contributed by atoms with Gasteiger partial charge in [-0.1, -0.05) is 6.07 Å². The molecule has 31 heavy (non-hydrogen) atoms. The van der Waals surface area contributed by atoms with Crippen molar-refractivity contribution >= 4 is 17.5 Å². The molecule has 0 saturated carbocycles. The Bertz CT molecular complexity index is 1010. The van der Waals surface area contributed by atoms with E-state index in [0.717, 1.165) is 4.90 Å². The molecule has 4 heterocycles. The molecule has 0 spiro atoms. The molecule has 1 fully saturated rings. The first kappa shape index (κ1) is 21.3. The SMILES string of the molecule is CC1COCCN1c1cc(=O)n2c(n1)N(CC(=O)c1ccccn1)C(C(F)(F)F)CC2. The van der Waals surface area contributed by atoms with Crippen molar-refractivity contribution in [1.82, 2.24) is 14.5 Å². The van der Waals surface area contributed by atoms with Crippen LogP contribution >= 0.6 is 0 Å². The average molecular weight is 437 g/mol. The lowest BCUT2D eigenvalue weighted by atomic mass is 10.1. The van der Waals surface area contributed by atoms with Crippen LogP contribution in [0.1, 0.15) is 23.8 Å². The molecule has 2 aliphatic rings. The Morgan fingerprint density at radius 3 is 2.77 bits per heavy atom. The van der Waals surface area contributed by atoms with E-state index in [0.29, 0.717) is 19.8 Å². The first-order chi connectivity index (χ1) is 14.8. The number of morpholine rings is 1. The van der Waals surface area contributed by atoms with E-state index in [1.165, 1.54) is 22.9 Å². The van der Waals surface area contributed by atoms with E-state index in [4.69, 9.17) is 4.74 Å². The van der Waals surface area contributed by atoms with Gasteiger partial charge in [-0.2, -0.15) is 18.2 Å². The Morgan fingerprint density at radius 2 is 2.10 bits per heavy atom.